The summed E-state index contributed by atoms with van der Waals surface area (Å²) in [6.45, 7) is 5.07. The second-order valence-electron chi connectivity index (χ2n) is 5.37. The van der Waals surface area contributed by atoms with Gasteiger partial charge in [0, 0.05) is 31.9 Å². The molecule has 118 valence electrons. The highest BCUT2D eigenvalue weighted by atomic mass is 32.2. The van der Waals surface area contributed by atoms with Crippen LogP contribution in [-0.4, -0.2) is 53.1 Å². The molecule has 0 saturated carbocycles. The lowest BCUT2D eigenvalue weighted by atomic mass is 10.2. The minimum absolute atomic E-state index is 0.0227. The molecule has 1 saturated heterocycles. The predicted molar refractivity (Wildman–Crippen MR) is 80.5 cm³/mol. The Morgan fingerprint density at radius 1 is 1.24 bits per heavy atom. The second-order valence-corrected chi connectivity index (χ2v) is 9.24. The SMILES string of the molecule is Cc1ccc(S(C)(=O)=O)cc1S(=O)(=O)N1CCNC[C@H]1C. The summed E-state index contributed by atoms with van der Waals surface area (Å²) in [4.78, 5) is 0.0913. The molecule has 1 atom stereocenters. The van der Waals surface area contributed by atoms with Crippen LogP contribution in [0.25, 0.3) is 0 Å². The van der Waals surface area contributed by atoms with Gasteiger partial charge in [-0.2, -0.15) is 4.31 Å². The molecule has 1 heterocycles. The molecule has 1 fully saturated rings. The van der Waals surface area contributed by atoms with Crippen LogP contribution in [0.3, 0.4) is 0 Å². The number of nitrogens with one attached hydrogen (secondary N) is 1. The number of benzene rings is 1. The van der Waals surface area contributed by atoms with Gasteiger partial charge in [-0.3, -0.25) is 0 Å². The number of hydrogen-bond acceptors (Lipinski definition) is 5. The van der Waals surface area contributed by atoms with Gasteiger partial charge in [0.05, 0.1) is 9.79 Å². The maximum atomic E-state index is 12.8. The Hall–Kier alpha value is -0.960. The summed E-state index contributed by atoms with van der Waals surface area (Å²) in [5, 5.41) is 3.14. The van der Waals surface area contributed by atoms with Crippen LogP contribution in [0.2, 0.25) is 0 Å². The Kier molecular flexibility index (Phi) is 4.44. The van der Waals surface area contributed by atoms with Gasteiger partial charge in [0.25, 0.3) is 0 Å². The lowest BCUT2D eigenvalue weighted by Crippen LogP contribution is -2.52. The number of hydrogen-bond donors (Lipinski definition) is 1. The third-order valence-electron chi connectivity index (χ3n) is 3.61. The highest BCUT2D eigenvalue weighted by Gasteiger charge is 2.32. The topological polar surface area (TPSA) is 83.5 Å². The van der Waals surface area contributed by atoms with E-state index >= 15 is 0 Å². The summed E-state index contributed by atoms with van der Waals surface area (Å²) in [6, 6.07) is 4.07. The third-order valence-corrected chi connectivity index (χ3v) is 6.88. The number of aryl methyl sites for hydroxylation is 1. The van der Waals surface area contributed by atoms with Crippen LogP contribution in [0.4, 0.5) is 0 Å². The third kappa shape index (κ3) is 3.28. The normalized spacial score (nSPS) is 21.4. The average molecular weight is 332 g/mol. The molecule has 1 aliphatic heterocycles. The quantitative estimate of drug-likeness (QED) is 0.865. The first-order valence-corrected chi connectivity index (χ1v) is 10.0. The first-order valence-electron chi connectivity index (χ1n) is 6.67. The number of piperazine rings is 1. The molecule has 0 amide bonds. The number of rotatable bonds is 3. The van der Waals surface area contributed by atoms with E-state index in [0.29, 0.717) is 25.2 Å². The fourth-order valence-electron chi connectivity index (χ4n) is 2.39. The molecule has 1 aromatic carbocycles. The number of sulfonamides is 1. The molecule has 6 nitrogen and oxygen atoms in total. The molecule has 1 aromatic rings. The summed E-state index contributed by atoms with van der Waals surface area (Å²) in [7, 11) is -7.14. The van der Waals surface area contributed by atoms with Crippen molar-refractivity contribution in [1.82, 2.24) is 9.62 Å². The minimum Gasteiger partial charge on any atom is -0.314 e. The summed E-state index contributed by atoms with van der Waals surface area (Å²) in [6.07, 6.45) is 1.07. The lowest BCUT2D eigenvalue weighted by molar-refractivity contribution is 0.283. The Morgan fingerprint density at radius 3 is 2.48 bits per heavy atom. The van der Waals surface area contributed by atoms with Crippen LogP contribution in [-0.2, 0) is 19.9 Å². The summed E-state index contributed by atoms with van der Waals surface area (Å²) in [5.41, 5.74) is 0.549. The molecule has 0 unspecified atom stereocenters. The minimum atomic E-state index is -3.70. The molecule has 21 heavy (non-hydrogen) atoms. The largest absolute Gasteiger partial charge is 0.314 e. The highest BCUT2D eigenvalue weighted by molar-refractivity contribution is 7.91. The second kappa shape index (κ2) is 5.68. The average Bonchev–Trinajstić information content (AvgIpc) is 2.37. The Balaban J connectivity index is 2.54. The molecule has 0 bridgehead atoms. The van der Waals surface area contributed by atoms with Gasteiger partial charge in [0.1, 0.15) is 0 Å². The van der Waals surface area contributed by atoms with E-state index in [-0.39, 0.29) is 15.8 Å². The smallest absolute Gasteiger partial charge is 0.243 e. The Morgan fingerprint density at radius 2 is 1.90 bits per heavy atom. The van der Waals surface area contributed by atoms with E-state index in [4.69, 9.17) is 0 Å². The maximum absolute atomic E-state index is 12.8. The van der Waals surface area contributed by atoms with Gasteiger partial charge in [-0.15, -0.1) is 0 Å². The Bertz CT molecular complexity index is 741. The predicted octanol–water partition coefficient (Wildman–Crippen LogP) is 0.381. The van der Waals surface area contributed by atoms with Crippen molar-refractivity contribution in [3.63, 3.8) is 0 Å². The number of nitrogens with zero attached hydrogens (tertiary/aromatic N) is 1. The summed E-state index contributed by atoms with van der Waals surface area (Å²) in [5.74, 6) is 0. The van der Waals surface area contributed by atoms with Crippen LogP contribution in [0.5, 0.6) is 0 Å². The van der Waals surface area contributed by atoms with Crippen molar-refractivity contribution in [2.45, 2.75) is 29.7 Å². The van der Waals surface area contributed by atoms with Gasteiger partial charge < -0.3 is 5.32 Å². The fourth-order valence-corrected chi connectivity index (χ4v) is 5.00. The van der Waals surface area contributed by atoms with Gasteiger partial charge in [-0.25, -0.2) is 16.8 Å². The van der Waals surface area contributed by atoms with Crippen molar-refractivity contribution in [2.75, 3.05) is 25.9 Å². The van der Waals surface area contributed by atoms with Gasteiger partial charge >= 0.3 is 0 Å². The first-order chi connectivity index (χ1) is 9.64. The standard InChI is InChI=1S/C13H20N2O4S2/c1-10-4-5-12(20(3,16)17)8-13(10)21(18,19)15-7-6-14-9-11(15)2/h4-5,8,11,14H,6-7,9H2,1-3H3/t11-/m1/s1. The van der Waals surface area contributed by atoms with Crippen molar-refractivity contribution in [1.29, 1.82) is 0 Å². The van der Waals surface area contributed by atoms with Gasteiger partial charge in [-0.05, 0) is 31.5 Å². The molecule has 0 aliphatic carbocycles. The maximum Gasteiger partial charge on any atom is 0.243 e. The van der Waals surface area contributed by atoms with E-state index < -0.39 is 19.9 Å². The van der Waals surface area contributed by atoms with E-state index in [1.807, 2.05) is 6.92 Å². The van der Waals surface area contributed by atoms with Crippen molar-refractivity contribution >= 4 is 19.9 Å². The van der Waals surface area contributed by atoms with Crippen molar-refractivity contribution in [3.8, 4) is 0 Å². The lowest BCUT2D eigenvalue weighted by Gasteiger charge is -2.33. The molecular weight excluding hydrogens is 312 g/mol. The van der Waals surface area contributed by atoms with Crippen molar-refractivity contribution in [3.05, 3.63) is 23.8 Å². The zero-order valence-corrected chi connectivity index (χ0v) is 14.0. The van der Waals surface area contributed by atoms with E-state index in [9.17, 15) is 16.8 Å². The molecule has 1 N–H and O–H groups in total. The van der Waals surface area contributed by atoms with Crippen LogP contribution >= 0.6 is 0 Å². The van der Waals surface area contributed by atoms with Crippen molar-refractivity contribution in [2.24, 2.45) is 0 Å². The molecule has 0 aromatic heterocycles. The van der Waals surface area contributed by atoms with Gasteiger partial charge in [0.2, 0.25) is 10.0 Å². The zero-order chi connectivity index (χ0) is 15.8. The van der Waals surface area contributed by atoms with Crippen LogP contribution < -0.4 is 5.32 Å². The Labute approximate surface area is 126 Å². The molecule has 8 heteroatoms. The molecule has 1 aliphatic rings. The van der Waals surface area contributed by atoms with E-state index in [2.05, 4.69) is 5.32 Å². The monoisotopic (exact) mass is 332 g/mol. The molecule has 0 radical (unpaired) electrons. The number of sulfone groups is 1. The molecule has 2 rings (SSSR count). The van der Waals surface area contributed by atoms with Gasteiger partial charge in [-0.1, -0.05) is 6.07 Å². The van der Waals surface area contributed by atoms with Crippen LogP contribution in [0.15, 0.2) is 28.0 Å². The van der Waals surface area contributed by atoms with Crippen molar-refractivity contribution < 1.29 is 16.8 Å². The zero-order valence-electron chi connectivity index (χ0n) is 12.3. The van der Waals surface area contributed by atoms with Gasteiger partial charge in [0.15, 0.2) is 9.84 Å². The summed E-state index contributed by atoms with van der Waals surface area (Å²) < 4.78 is 50.3. The van der Waals surface area contributed by atoms with E-state index in [1.54, 1.807) is 6.92 Å². The summed E-state index contributed by atoms with van der Waals surface area (Å²) >= 11 is 0. The molecule has 0 spiro atoms. The highest BCUT2D eigenvalue weighted by Crippen LogP contribution is 2.25. The van der Waals surface area contributed by atoms with Crippen LogP contribution in [0, 0.1) is 6.92 Å². The fraction of sp³-hybridized carbons (Fsp3) is 0.538. The first kappa shape index (κ1) is 16.4. The molecular formula is C13H20N2O4S2. The van der Waals surface area contributed by atoms with Crippen LogP contribution in [0.1, 0.15) is 12.5 Å². The van der Waals surface area contributed by atoms with E-state index in [0.717, 1.165) is 6.26 Å². The van der Waals surface area contributed by atoms with E-state index in [1.165, 1.54) is 22.5 Å².